The molecule has 0 bridgehead atoms. The van der Waals surface area contributed by atoms with Crippen LogP contribution < -0.4 is 4.74 Å². The molecule has 1 unspecified atom stereocenters. The Morgan fingerprint density at radius 3 is 2.45 bits per heavy atom. The normalized spacial score (nSPS) is 13.6. The van der Waals surface area contributed by atoms with E-state index < -0.39 is 0 Å². The van der Waals surface area contributed by atoms with Crippen molar-refractivity contribution in [1.82, 2.24) is 0 Å². The molecule has 1 aromatic rings. The molecular weight excluding hydrogens is 272 g/mol. The zero-order valence-electron chi connectivity index (χ0n) is 14.3. The second-order valence-electron chi connectivity index (χ2n) is 5.82. The summed E-state index contributed by atoms with van der Waals surface area (Å²) in [4.78, 5) is 0. The first-order chi connectivity index (χ1) is 10.5. The average molecular weight is 300 g/mol. The standard InChI is InChI=1S/C20H28O2/c1-6-20(4,15-7-9-17(2)3)22-16-8-10-18-11-13-19(21-5)14-12-18/h6,8-14H,1,7,15-16H2,2-5H3. The summed E-state index contributed by atoms with van der Waals surface area (Å²) in [6, 6.07) is 7.95. The average Bonchev–Trinajstić information content (AvgIpc) is 2.52. The molecular formula is C20H28O2. The zero-order valence-corrected chi connectivity index (χ0v) is 14.3. The van der Waals surface area contributed by atoms with E-state index in [0.29, 0.717) is 6.61 Å². The molecule has 0 aliphatic heterocycles. The van der Waals surface area contributed by atoms with Crippen LogP contribution in [-0.4, -0.2) is 19.3 Å². The van der Waals surface area contributed by atoms with Gasteiger partial charge in [-0.15, -0.1) is 6.58 Å². The minimum atomic E-state index is -0.282. The lowest BCUT2D eigenvalue weighted by molar-refractivity contribution is 0.0183. The Labute approximate surface area is 135 Å². The Balaban J connectivity index is 2.46. The van der Waals surface area contributed by atoms with Crippen LogP contribution in [0.4, 0.5) is 0 Å². The largest absolute Gasteiger partial charge is 0.497 e. The Hall–Kier alpha value is -1.80. The van der Waals surface area contributed by atoms with Gasteiger partial charge in [-0.05, 0) is 51.3 Å². The predicted octanol–water partition coefficient (Wildman–Crippen LogP) is 5.42. The minimum Gasteiger partial charge on any atom is -0.497 e. The second kappa shape index (κ2) is 9.26. The summed E-state index contributed by atoms with van der Waals surface area (Å²) in [6.07, 6.45) is 10.2. The summed E-state index contributed by atoms with van der Waals surface area (Å²) >= 11 is 0. The van der Waals surface area contributed by atoms with Crippen LogP contribution in [0.1, 0.15) is 39.2 Å². The monoisotopic (exact) mass is 300 g/mol. The molecule has 0 radical (unpaired) electrons. The third-order valence-electron chi connectivity index (χ3n) is 3.56. The highest BCUT2D eigenvalue weighted by Crippen LogP contribution is 2.20. The number of rotatable bonds is 9. The fraction of sp³-hybridized carbons (Fsp3) is 0.400. The van der Waals surface area contributed by atoms with Crippen LogP contribution in [0.3, 0.4) is 0 Å². The maximum absolute atomic E-state index is 5.97. The van der Waals surface area contributed by atoms with E-state index in [-0.39, 0.29) is 5.60 Å². The van der Waals surface area contributed by atoms with Crippen molar-refractivity contribution in [3.05, 3.63) is 60.2 Å². The fourth-order valence-electron chi connectivity index (χ4n) is 2.02. The van der Waals surface area contributed by atoms with E-state index in [1.165, 1.54) is 5.57 Å². The smallest absolute Gasteiger partial charge is 0.118 e. The molecule has 0 saturated carbocycles. The van der Waals surface area contributed by atoms with Crippen LogP contribution in [-0.2, 0) is 4.74 Å². The molecule has 2 heteroatoms. The van der Waals surface area contributed by atoms with Crippen LogP contribution in [0.2, 0.25) is 0 Å². The molecule has 0 aliphatic carbocycles. The molecule has 2 nitrogen and oxygen atoms in total. The number of hydrogen-bond donors (Lipinski definition) is 0. The van der Waals surface area contributed by atoms with E-state index in [1.807, 2.05) is 36.4 Å². The van der Waals surface area contributed by atoms with Gasteiger partial charge < -0.3 is 9.47 Å². The first-order valence-electron chi connectivity index (χ1n) is 7.70. The van der Waals surface area contributed by atoms with Crippen molar-refractivity contribution in [3.63, 3.8) is 0 Å². The van der Waals surface area contributed by atoms with Gasteiger partial charge in [-0.1, -0.05) is 42.0 Å². The van der Waals surface area contributed by atoms with Crippen molar-refractivity contribution in [1.29, 1.82) is 0 Å². The van der Waals surface area contributed by atoms with Crippen LogP contribution in [0.25, 0.3) is 6.08 Å². The molecule has 0 N–H and O–H groups in total. The van der Waals surface area contributed by atoms with Gasteiger partial charge in [0.05, 0.1) is 19.3 Å². The number of allylic oxidation sites excluding steroid dienone is 2. The van der Waals surface area contributed by atoms with Gasteiger partial charge in [0.1, 0.15) is 5.75 Å². The van der Waals surface area contributed by atoms with Crippen molar-refractivity contribution in [2.45, 2.75) is 39.2 Å². The van der Waals surface area contributed by atoms with Crippen LogP contribution in [0, 0.1) is 0 Å². The highest BCUT2D eigenvalue weighted by Gasteiger charge is 2.18. The Morgan fingerprint density at radius 1 is 1.23 bits per heavy atom. The lowest BCUT2D eigenvalue weighted by Crippen LogP contribution is -2.25. The van der Waals surface area contributed by atoms with Crippen molar-refractivity contribution in [3.8, 4) is 5.75 Å². The second-order valence-corrected chi connectivity index (χ2v) is 5.82. The summed E-state index contributed by atoms with van der Waals surface area (Å²) in [6.45, 7) is 10.8. The number of hydrogen-bond acceptors (Lipinski definition) is 2. The van der Waals surface area contributed by atoms with Gasteiger partial charge in [-0.25, -0.2) is 0 Å². The molecule has 0 aromatic heterocycles. The van der Waals surface area contributed by atoms with E-state index in [1.54, 1.807) is 7.11 Å². The number of ether oxygens (including phenoxy) is 2. The van der Waals surface area contributed by atoms with E-state index in [4.69, 9.17) is 9.47 Å². The topological polar surface area (TPSA) is 18.5 Å². The number of methoxy groups -OCH3 is 1. The first-order valence-corrected chi connectivity index (χ1v) is 7.70. The number of benzene rings is 1. The van der Waals surface area contributed by atoms with E-state index >= 15 is 0 Å². The van der Waals surface area contributed by atoms with Crippen molar-refractivity contribution < 1.29 is 9.47 Å². The van der Waals surface area contributed by atoms with Gasteiger partial charge >= 0.3 is 0 Å². The maximum Gasteiger partial charge on any atom is 0.118 e. The quantitative estimate of drug-likeness (QED) is 0.567. The molecule has 1 rings (SSSR count). The third-order valence-corrected chi connectivity index (χ3v) is 3.56. The minimum absolute atomic E-state index is 0.282. The zero-order chi connectivity index (χ0) is 16.4. The molecule has 0 spiro atoms. The van der Waals surface area contributed by atoms with E-state index in [0.717, 1.165) is 24.2 Å². The molecule has 22 heavy (non-hydrogen) atoms. The Bertz CT molecular complexity index is 507. The molecule has 0 aliphatic rings. The summed E-state index contributed by atoms with van der Waals surface area (Å²) in [5.41, 5.74) is 2.19. The SMILES string of the molecule is C=CC(C)(CCC=C(C)C)OCC=Cc1ccc(OC)cc1. The summed E-state index contributed by atoms with van der Waals surface area (Å²) in [7, 11) is 1.67. The van der Waals surface area contributed by atoms with Crippen LogP contribution in [0.15, 0.2) is 54.6 Å². The predicted molar refractivity (Wildman–Crippen MR) is 95.2 cm³/mol. The molecule has 0 amide bonds. The lowest BCUT2D eigenvalue weighted by Gasteiger charge is -2.25. The molecule has 1 aromatic carbocycles. The van der Waals surface area contributed by atoms with Crippen molar-refractivity contribution in [2.75, 3.05) is 13.7 Å². The van der Waals surface area contributed by atoms with Gasteiger partial charge in [0, 0.05) is 0 Å². The first kappa shape index (κ1) is 18.2. The summed E-state index contributed by atoms with van der Waals surface area (Å²) < 4.78 is 11.1. The summed E-state index contributed by atoms with van der Waals surface area (Å²) in [5.74, 6) is 0.868. The van der Waals surface area contributed by atoms with E-state index in [2.05, 4.69) is 39.5 Å². The van der Waals surface area contributed by atoms with Crippen LogP contribution in [0.5, 0.6) is 5.75 Å². The maximum atomic E-state index is 5.97. The van der Waals surface area contributed by atoms with Gasteiger partial charge in [0.2, 0.25) is 0 Å². The molecule has 0 heterocycles. The molecule has 0 saturated heterocycles. The Kier molecular flexibility index (Phi) is 7.69. The van der Waals surface area contributed by atoms with Gasteiger partial charge in [-0.3, -0.25) is 0 Å². The highest BCUT2D eigenvalue weighted by atomic mass is 16.5. The van der Waals surface area contributed by atoms with Gasteiger partial charge in [0.15, 0.2) is 0 Å². The molecule has 1 atom stereocenters. The van der Waals surface area contributed by atoms with Gasteiger partial charge in [0.25, 0.3) is 0 Å². The Morgan fingerprint density at radius 2 is 1.91 bits per heavy atom. The summed E-state index contributed by atoms with van der Waals surface area (Å²) in [5, 5.41) is 0. The molecule has 120 valence electrons. The third kappa shape index (κ3) is 6.77. The highest BCUT2D eigenvalue weighted by molar-refractivity contribution is 5.50. The lowest BCUT2D eigenvalue weighted by atomic mass is 9.99. The van der Waals surface area contributed by atoms with Gasteiger partial charge in [-0.2, -0.15) is 0 Å². The fourth-order valence-corrected chi connectivity index (χ4v) is 2.02. The van der Waals surface area contributed by atoms with Crippen molar-refractivity contribution in [2.24, 2.45) is 0 Å². The molecule has 0 fully saturated rings. The van der Waals surface area contributed by atoms with E-state index in [9.17, 15) is 0 Å². The van der Waals surface area contributed by atoms with Crippen molar-refractivity contribution >= 4 is 6.08 Å². The van der Waals surface area contributed by atoms with Crippen LogP contribution >= 0.6 is 0 Å².